The molecule has 1 aromatic rings. The zero-order chi connectivity index (χ0) is 14.0. The second-order valence-corrected chi connectivity index (χ2v) is 5.35. The minimum absolute atomic E-state index is 0.0272. The van der Waals surface area contributed by atoms with Gasteiger partial charge in [0.05, 0.1) is 16.2 Å². The van der Waals surface area contributed by atoms with Gasteiger partial charge >= 0.3 is 0 Å². The number of nitriles is 1. The predicted molar refractivity (Wildman–Crippen MR) is 73.0 cm³/mol. The predicted octanol–water partition coefficient (Wildman–Crippen LogP) is 3.09. The highest BCUT2D eigenvalue weighted by atomic mass is 16.6. The zero-order valence-corrected chi connectivity index (χ0v) is 11.2. The van der Waals surface area contributed by atoms with E-state index in [1.807, 2.05) is 0 Å². The maximum atomic E-state index is 10.8. The Morgan fingerprint density at radius 1 is 1.53 bits per heavy atom. The van der Waals surface area contributed by atoms with Gasteiger partial charge in [-0.3, -0.25) is 10.1 Å². The molecule has 0 aliphatic heterocycles. The highest BCUT2D eigenvalue weighted by molar-refractivity contribution is 5.64. The van der Waals surface area contributed by atoms with Gasteiger partial charge in [-0.1, -0.05) is 13.8 Å². The number of nitro groups is 1. The summed E-state index contributed by atoms with van der Waals surface area (Å²) in [4.78, 5) is 12.5. The molecule has 0 unspecified atom stereocenters. The number of rotatable bonds is 5. The molecular weight excluding hydrogens is 242 g/mol. The van der Waals surface area contributed by atoms with Crippen LogP contribution in [-0.4, -0.2) is 17.5 Å². The van der Waals surface area contributed by atoms with E-state index < -0.39 is 4.92 Å². The summed E-state index contributed by atoms with van der Waals surface area (Å²) in [5.74, 6) is 0.488. The Kier molecular flexibility index (Phi) is 3.70. The van der Waals surface area contributed by atoms with Crippen molar-refractivity contribution in [1.82, 2.24) is 0 Å². The molecule has 19 heavy (non-hydrogen) atoms. The number of hydrogen-bond acceptors (Lipinski definition) is 4. The summed E-state index contributed by atoms with van der Waals surface area (Å²) in [5, 5.41) is 20.0. The molecule has 1 fully saturated rings. The van der Waals surface area contributed by atoms with Crippen LogP contribution < -0.4 is 4.90 Å². The van der Waals surface area contributed by atoms with E-state index in [1.165, 1.54) is 12.1 Å². The molecule has 1 saturated carbocycles. The molecular formula is C14H17N3O2. The van der Waals surface area contributed by atoms with Gasteiger partial charge in [-0.15, -0.1) is 0 Å². The summed E-state index contributed by atoms with van der Waals surface area (Å²) in [6, 6.07) is 7.11. The largest absolute Gasteiger partial charge is 0.367 e. The molecule has 0 saturated heterocycles. The van der Waals surface area contributed by atoms with E-state index in [-0.39, 0.29) is 5.69 Å². The van der Waals surface area contributed by atoms with Crippen LogP contribution in [0.2, 0.25) is 0 Å². The lowest BCUT2D eigenvalue weighted by molar-refractivity contribution is -0.384. The summed E-state index contributed by atoms with van der Waals surface area (Å²) in [5.41, 5.74) is 1.19. The molecule has 0 amide bonds. The lowest BCUT2D eigenvalue weighted by atomic mass is 10.1. The smallest absolute Gasteiger partial charge is 0.270 e. The van der Waals surface area contributed by atoms with Gasteiger partial charge in [0.2, 0.25) is 0 Å². The van der Waals surface area contributed by atoms with Crippen molar-refractivity contribution in [3.63, 3.8) is 0 Å². The molecule has 0 spiro atoms. The molecule has 1 aromatic carbocycles. The van der Waals surface area contributed by atoms with Crippen molar-refractivity contribution in [3.05, 3.63) is 33.9 Å². The Labute approximate surface area is 112 Å². The van der Waals surface area contributed by atoms with E-state index in [9.17, 15) is 15.4 Å². The number of nitrogens with zero attached hydrogens (tertiary/aromatic N) is 3. The molecule has 2 rings (SSSR count). The molecule has 0 bridgehead atoms. The lowest BCUT2D eigenvalue weighted by Gasteiger charge is -2.27. The molecule has 5 heteroatoms. The summed E-state index contributed by atoms with van der Waals surface area (Å²) in [6.45, 7) is 5.14. The summed E-state index contributed by atoms with van der Waals surface area (Å²) in [7, 11) is 0. The average Bonchev–Trinajstić information content (AvgIpc) is 3.19. The quantitative estimate of drug-likeness (QED) is 0.601. The van der Waals surface area contributed by atoms with Crippen LogP contribution in [0.4, 0.5) is 11.4 Å². The van der Waals surface area contributed by atoms with Crippen LogP contribution in [0.25, 0.3) is 0 Å². The van der Waals surface area contributed by atoms with Gasteiger partial charge in [0, 0.05) is 24.7 Å². The maximum absolute atomic E-state index is 10.8. The van der Waals surface area contributed by atoms with E-state index >= 15 is 0 Å². The number of benzene rings is 1. The minimum Gasteiger partial charge on any atom is -0.367 e. The Morgan fingerprint density at radius 3 is 2.68 bits per heavy atom. The van der Waals surface area contributed by atoms with E-state index in [0.717, 1.165) is 25.1 Å². The Balaban J connectivity index is 2.36. The highest BCUT2D eigenvalue weighted by Gasteiger charge is 2.31. The van der Waals surface area contributed by atoms with Crippen molar-refractivity contribution in [3.8, 4) is 6.07 Å². The number of anilines is 1. The fourth-order valence-corrected chi connectivity index (χ4v) is 2.20. The monoisotopic (exact) mass is 259 g/mol. The third kappa shape index (κ3) is 3.02. The van der Waals surface area contributed by atoms with Gasteiger partial charge < -0.3 is 4.90 Å². The van der Waals surface area contributed by atoms with Crippen LogP contribution in [0, 0.1) is 27.4 Å². The highest BCUT2D eigenvalue weighted by Crippen LogP contribution is 2.35. The standard InChI is InChI=1S/C14H17N3O2/c1-10(2)9-16(12-3-4-12)14-6-5-13(17(18)19)7-11(14)8-15/h5-7,10,12H,3-4,9H2,1-2H3. The first-order valence-corrected chi connectivity index (χ1v) is 6.48. The molecule has 1 aliphatic rings. The Hall–Kier alpha value is -2.09. The fraction of sp³-hybridized carbons (Fsp3) is 0.500. The number of non-ortho nitro benzene ring substituents is 1. The molecule has 100 valence electrons. The summed E-state index contributed by atoms with van der Waals surface area (Å²) >= 11 is 0. The normalized spacial score (nSPS) is 14.2. The van der Waals surface area contributed by atoms with E-state index in [4.69, 9.17) is 0 Å². The fourth-order valence-electron chi connectivity index (χ4n) is 2.20. The van der Waals surface area contributed by atoms with Crippen LogP contribution >= 0.6 is 0 Å². The Bertz CT molecular complexity index is 530. The number of hydrogen-bond donors (Lipinski definition) is 0. The SMILES string of the molecule is CC(C)CN(c1ccc([N+](=O)[O-])cc1C#N)C1CC1. The first kappa shape index (κ1) is 13.3. The topological polar surface area (TPSA) is 70.2 Å². The molecule has 5 nitrogen and oxygen atoms in total. The van der Waals surface area contributed by atoms with Crippen LogP contribution in [0.5, 0.6) is 0 Å². The van der Waals surface area contributed by atoms with Crippen molar-refractivity contribution >= 4 is 11.4 Å². The van der Waals surface area contributed by atoms with Gasteiger partial charge in [-0.2, -0.15) is 5.26 Å². The van der Waals surface area contributed by atoms with Gasteiger partial charge in [0.15, 0.2) is 0 Å². The minimum atomic E-state index is -0.464. The first-order valence-electron chi connectivity index (χ1n) is 6.48. The number of nitro benzene ring substituents is 1. The van der Waals surface area contributed by atoms with Crippen molar-refractivity contribution < 1.29 is 4.92 Å². The molecule has 0 heterocycles. The lowest BCUT2D eigenvalue weighted by Crippen LogP contribution is -2.30. The third-order valence-electron chi connectivity index (χ3n) is 3.17. The third-order valence-corrected chi connectivity index (χ3v) is 3.17. The average molecular weight is 259 g/mol. The van der Waals surface area contributed by atoms with Crippen LogP contribution in [-0.2, 0) is 0 Å². The molecule has 1 aliphatic carbocycles. The molecule has 0 radical (unpaired) electrons. The first-order chi connectivity index (χ1) is 9.02. The van der Waals surface area contributed by atoms with E-state index in [1.54, 1.807) is 6.07 Å². The zero-order valence-electron chi connectivity index (χ0n) is 11.2. The summed E-state index contributed by atoms with van der Waals surface area (Å²) in [6.07, 6.45) is 2.27. The molecule has 0 N–H and O–H groups in total. The molecule has 0 atom stereocenters. The van der Waals surface area contributed by atoms with Crippen molar-refractivity contribution in [2.45, 2.75) is 32.7 Å². The second-order valence-electron chi connectivity index (χ2n) is 5.35. The van der Waals surface area contributed by atoms with Gasteiger partial charge in [0.1, 0.15) is 6.07 Å². The Morgan fingerprint density at radius 2 is 2.21 bits per heavy atom. The van der Waals surface area contributed by atoms with Gasteiger partial charge in [-0.25, -0.2) is 0 Å². The van der Waals surface area contributed by atoms with Crippen molar-refractivity contribution in [2.24, 2.45) is 5.92 Å². The second kappa shape index (κ2) is 5.27. The summed E-state index contributed by atoms with van der Waals surface area (Å²) < 4.78 is 0. The van der Waals surface area contributed by atoms with Crippen LogP contribution in [0.1, 0.15) is 32.3 Å². The van der Waals surface area contributed by atoms with Crippen LogP contribution in [0.15, 0.2) is 18.2 Å². The van der Waals surface area contributed by atoms with E-state index in [2.05, 4.69) is 24.8 Å². The van der Waals surface area contributed by atoms with Gasteiger partial charge in [0.25, 0.3) is 5.69 Å². The van der Waals surface area contributed by atoms with Crippen LogP contribution in [0.3, 0.4) is 0 Å². The van der Waals surface area contributed by atoms with Gasteiger partial charge in [-0.05, 0) is 24.8 Å². The molecule has 0 aromatic heterocycles. The van der Waals surface area contributed by atoms with Crippen molar-refractivity contribution in [2.75, 3.05) is 11.4 Å². The van der Waals surface area contributed by atoms with Crippen molar-refractivity contribution in [1.29, 1.82) is 5.26 Å². The maximum Gasteiger partial charge on any atom is 0.270 e. The van der Waals surface area contributed by atoms with E-state index in [0.29, 0.717) is 17.5 Å².